The van der Waals surface area contributed by atoms with Crippen LogP contribution in [0.25, 0.3) is 0 Å². The molecule has 0 aromatic carbocycles. The van der Waals surface area contributed by atoms with E-state index in [1.807, 2.05) is 13.8 Å². The Bertz CT molecular complexity index is 197. The molecule has 0 aliphatic carbocycles. The van der Waals surface area contributed by atoms with Gasteiger partial charge in [-0.25, -0.2) is 0 Å². The summed E-state index contributed by atoms with van der Waals surface area (Å²) in [6.45, 7) is 6.02. The molecule has 0 aromatic rings. The maximum Gasteiger partial charge on any atom is 0.160 e. The van der Waals surface area contributed by atoms with Crippen LogP contribution in [0, 0.1) is 5.92 Å². The molecule has 1 heterocycles. The van der Waals surface area contributed by atoms with Crippen molar-refractivity contribution in [3.05, 3.63) is 0 Å². The molecule has 0 bridgehead atoms. The van der Waals surface area contributed by atoms with E-state index < -0.39 is 0 Å². The van der Waals surface area contributed by atoms with Crippen LogP contribution in [0.3, 0.4) is 0 Å². The van der Waals surface area contributed by atoms with E-state index in [2.05, 4.69) is 17.5 Å². The van der Waals surface area contributed by atoms with Crippen LogP contribution in [0.5, 0.6) is 0 Å². The van der Waals surface area contributed by atoms with Crippen molar-refractivity contribution < 1.29 is 9.53 Å². The molecule has 1 rings (SSSR count). The van der Waals surface area contributed by atoms with Gasteiger partial charge >= 0.3 is 0 Å². The number of thiol groups is 1. The fraction of sp³-hybridized carbons (Fsp3) is 0.900. The smallest absolute Gasteiger partial charge is 0.160 e. The maximum atomic E-state index is 11.3. The number of likely N-dealkylation sites (tertiary alicyclic amines) is 1. The van der Waals surface area contributed by atoms with Gasteiger partial charge in [0.05, 0.1) is 6.10 Å². The molecule has 0 aromatic heterocycles. The first-order valence-electron chi connectivity index (χ1n) is 5.11. The molecule has 1 aliphatic rings. The van der Waals surface area contributed by atoms with Crippen LogP contribution in [-0.2, 0) is 9.53 Å². The third-order valence-electron chi connectivity index (χ3n) is 2.53. The Morgan fingerprint density at radius 1 is 1.64 bits per heavy atom. The number of Topliss-reactive ketones (excluding diaryl/α,β-unsaturated/α-hetero) is 1. The van der Waals surface area contributed by atoms with E-state index in [1.165, 1.54) is 0 Å². The van der Waals surface area contributed by atoms with Crippen molar-refractivity contribution in [1.29, 1.82) is 0 Å². The fourth-order valence-corrected chi connectivity index (χ4v) is 1.69. The minimum atomic E-state index is 0.0809. The lowest BCUT2D eigenvalue weighted by Crippen LogP contribution is -2.25. The van der Waals surface area contributed by atoms with E-state index in [0.29, 0.717) is 0 Å². The third-order valence-corrected chi connectivity index (χ3v) is 2.93. The highest BCUT2D eigenvalue weighted by atomic mass is 32.1. The quantitative estimate of drug-likeness (QED) is 0.702. The number of hydrogen-bond donors (Lipinski definition) is 1. The van der Waals surface area contributed by atoms with Gasteiger partial charge in [0.25, 0.3) is 0 Å². The minimum absolute atomic E-state index is 0.0809. The summed E-state index contributed by atoms with van der Waals surface area (Å²) in [5.74, 6) is 1.05. The number of carbonyl (C=O) groups excluding carboxylic acids is 1. The van der Waals surface area contributed by atoms with Crippen LogP contribution in [0.2, 0.25) is 0 Å². The lowest BCUT2D eigenvalue weighted by molar-refractivity contribution is -0.128. The van der Waals surface area contributed by atoms with Gasteiger partial charge in [0, 0.05) is 24.9 Å². The fourth-order valence-electron chi connectivity index (χ4n) is 1.43. The topological polar surface area (TPSA) is 29.5 Å². The van der Waals surface area contributed by atoms with Crippen molar-refractivity contribution in [2.75, 3.05) is 25.6 Å². The van der Waals surface area contributed by atoms with Crippen molar-refractivity contribution in [3.8, 4) is 0 Å². The predicted octanol–water partition coefficient (Wildman–Crippen LogP) is 1.19. The van der Waals surface area contributed by atoms with Crippen molar-refractivity contribution in [2.24, 2.45) is 5.92 Å². The lowest BCUT2D eigenvalue weighted by atomic mass is 10.1. The second-order valence-corrected chi connectivity index (χ2v) is 4.34. The summed E-state index contributed by atoms with van der Waals surface area (Å²) in [5, 5.41) is 0. The summed E-state index contributed by atoms with van der Waals surface area (Å²) in [5.41, 5.74) is 0. The van der Waals surface area contributed by atoms with Crippen molar-refractivity contribution in [2.45, 2.75) is 26.4 Å². The number of nitrogens with zero attached hydrogens (tertiary/aromatic N) is 1. The molecular weight excluding hydrogens is 198 g/mol. The second kappa shape index (κ2) is 5.73. The number of ketones is 1. The first kappa shape index (κ1) is 12.0. The van der Waals surface area contributed by atoms with Crippen LogP contribution < -0.4 is 0 Å². The summed E-state index contributed by atoms with van der Waals surface area (Å²) < 4.78 is 5.53. The van der Waals surface area contributed by atoms with Crippen molar-refractivity contribution in [1.82, 2.24) is 4.90 Å². The van der Waals surface area contributed by atoms with Crippen LogP contribution >= 0.6 is 12.6 Å². The van der Waals surface area contributed by atoms with Gasteiger partial charge < -0.3 is 4.74 Å². The Morgan fingerprint density at radius 3 is 2.86 bits per heavy atom. The maximum absolute atomic E-state index is 11.3. The van der Waals surface area contributed by atoms with Crippen LogP contribution in [0.1, 0.15) is 20.3 Å². The highest BCUT2D eigenvalue weighted by Crippen LogP contribution is 2.13. The standard InChI is InChI=1S/C10H19NO2S/c1-8(2)10(12)6-13-9-3-4-11(5-9)7-14/h8-9,14H,3-7H2,1-2H3. The van der Waals surface area contributed by atoms with E-state index in [4.69, 9.17) is 4.74 Å². The molecule has 82 valence electrons. The minimum Gasteiger partial charge on any atom is -0.369 e. The molecule has 0 N–H and O–H groups in total. The summed E-state index contributed by atoms with van der Waals surface area (Å²) in [6, 6.07) is 0. The van der Waals surface area contributed by atoms with Crippen molar-refractivity contribution >= 4 is 18.4 Å². The molecule has 1 fully saturated rings. The monoisotopic (exact) mass is 217 g/mol. The zero-order valence-electron chi connectivity index (χ0n) is 8.90. The molecule has 1 aliphatic heterocycles. The van der Waals surface area contributed by atoms with E-state index in [0.717, 1.165) is 25.4 Å². The molecule has 14 heavy (non-hydrogen) atoms. The predicted molar refractivity (Wildman–Crippen MR) is 59.6 cm³/mol. The molecule has 4 heteroatoms. The number of hydrogen-bond acceptors (Lipinski definition) is 4. The number of carbonyl (C=O) groups is 1. The van der Waals surface area contributed by atoms with Gasteiger partial charge in [0.2, 0.25) is 0 Å². The first-order chi connectivity index (χ1) is 6.63. The van der Waals surface area contributed by atoms with Gasteiger partial charge in [-0.2, -0.15) is 12.6 Å². The van der Waals surface area contributed by atoms with Gasteiger partial charge in [0.15, 0.2) is 5.78 Å². The normalized spacial score (nSPS) is 23.3. The van der Waals surface area contributed by atoms with Gasteiger partial charge in [-0.3, -0.25) is 9.69 Å². The van der Waals surface area contributed by atoms with Crippen LogP contribution in [0.15, 0.2) is 0 Å². The zero-order valence-corrected chi connectivity index (χ0v) is 9.80. The van der Waals surface area contributed by atoms with Gasteiger partial charge in [-0.1, -0.05) is 13.8 Å². The Hall–Kier alpha value is -0.0600. The highest BCUT2D eigenvalue weighted by Gasteiger charge is 2.22. The molecule has 0 amide bonds. The summed E-state index contributed by atoms with van der Waals surface area (Å²) in [6.07, 6.45) is 1.25. The van der Waals surface area contributed by atoms with E-state index >= 15 is 0 Å². The lowest BCUT2D eigenvalue weighted by Gasteiger charge is -2.13. The summed E-state index contributed by atoms with van der Waals surface area (Å²) >= 11 is 4.20. The zero-order chi connectivity index (χ0) is 10.6. The van der Waals surface area contributed by atoms with E-state index in [1.54, 1.807) is 0 Å². The largest absolute Gasteiger partial charge is 0.369 e. The van der Waals surface area contributed by atoms with E-state index in [9.17, 15) is 4.79 Å². The molecule has 0 spiro atoms. The number of ether oxygens (including phenoxy) is 1. The molecular formula is C10H19NO2S. The summed E-state index contributed by atoms with van der Waals surface area (Å²) in [4.78, 5) is 13.5. The molecule has 1 saturated heterocycles. The van der Waals surface area contributed by atoms with Gasteiger partial charge in [-0.05, 0) is 6.42 Å². The second-order valence-electron chi connectivity index (χ2n) is 4.06. The summed E-state index contributed by atoms with van der Waals surface area (Å²) in [7, 11) is 0. The Balaban J connectivity index is 2.17. The average molecular weight is 217 g/mol. The Labute approximate surface area is 91.2 Å². The van der Waals surface area contributed by atoms with E-state index in [-0.39, 0.29) is 24.4 Å². The Morgan fingerprint density at radius 2 is 2.36 bits per heavy atom. The molecule has 0 radical (unpaired) electrons. The first-order valence-corrected chi connectivity index (χ1v) is 5.74. The highest BCUT2D eigenvalue weighted by molar-refractivity contribution is 7.80. The Kier molecular flexibility index (Phi) is 4.92. The molecule has 1 atom stereocenters. The van der Waals surface area contributed by atoms with Crippen LogP contribution in [0.4, 0.5) is 0 Å². The SMILES string of the molecule is CC(C)C(=O)COC1CCN(CS)C1. The van der Waals surface area contributed by atoms with Crippen molar-refractivity contribution in [3.63, 3.8) is 0 Å². The average Bonchev–Trinajstić information content (AvgIpc) is 2.61. The van der Waals surface area contributed by atoms with Gasteiger partial charge in [-0.15, -0.1) is 0 Å². The third kappa shape index (κ3) is 3.59. The number of rotatable bonds is 5. The molecule has 0 saturated carbocycles. The molecule has 1 unspecified atom stereocenters. The van der Waals surface area contributed by atoms with Crippen LogP contribution in [-0.4, -0.2) is 42.4 Å². The molecule has 3 nitrogen and oxygen atoms in total. The van der Waals surface area contributed by atoms with Gasteiger partial charge in [0.1, 0.15) is 6.61 Å².